The van der Waals surface area contributed by atoms with Crippen molar-refractivity contribution in [3.8, 4) is 10.6 Å². The molecule has 0 aromatic carbocycles. The van der Waals surface area contributed by atoms with Gasteiger partial charge in [0.25, 0.3) is 0 Å². The van der Waals surface area contributed by atoms with Crippen LogP contribution in [0.2, 0.25) is 0 Å². The number of fused-ring (bicyclic) bond motifs is 1. The number of nitrogens with one attached hydrogen (secondary N) is 1. The van der Waals surface area contributed by atoms with Crippen molar-refractivity contribution in [2.75, 3.05) is 32.8 Å². The van der Waals surface area contributed by atoms with Crippen molar-refractivity contribution in [3.05, 3.63) is 35.6 Å². The SMILES string of the molecule is O=C(NCCc1csc(-c2cccnc2)n1)N1CCN2C(=O)OC[C@H]2C1. The smallest absolute Gasteiger partial charge is 0.410 e. The lowest BCUT2D eigenvalue weighted by Crippen LogP contribution is -2.56. The predicted octanol–water partition coefficient (Wildman–Crippen LogP) is 1.59. The Kier molecular flexibility index (Phi) is 4.70. The van der Waals surface area contributed by atoms with Crippen LogP contribution in [0.5, 0.6) is 0 Å². The molecule has 4 rings (SSSR count). The molecule has 0 bridgehead atoms. The van der Waals surface area contributed by atoms with Gasteiger partial charge in [0, 0.05) is 55.9 Å². The number of urea groups is 1. The minimum Gasteiger partial charge on any atom is -0.447 e. The number of cyclic esters (lactones) is 1. The lowest BCUT2D eigenvalue weighted by atomic mass is 10.2. The highest BCUT2D eigenvalue weighted by Gasteiger charge is 2.38. The number of carbonyl (C=O) groups excluding carboxylic acids is 2. The Morgan fingerprint density at radius 1 is 1.42 bits per heavy atom. The van der Waals surface area contributed by atoms with Crippen LogP contribution in [-0.2, 0) is 11.2 Å². The Hall–Kier alpha value is -2.68. The number of carbonyl (C=O) groups is 2. The van der Waals surface area contributed by atoms with E-state index in [1.807, 2.05) is 17.5 Å². The van der Waals surface area contributed by atoms with Gasteiger partial charge in [-0.05, 0) is 12.1 Å². The maximum Gasteiger partial charge on any atom is 0.410 e. The van der Waals surface area contributed by atoms with Gasteiger partial charge >= 0.3 is 12.1 Å². The van der Waals surface area contributed by atoms with E-state index < -0.39 is 0 Å². The second kappa shape index (κ2) is 7.28. The minimum absolute atomic E-state index is 0.0254. The summed E-state index contributed by atoms with van der Waals surface area (Å²) < 4.78 is 5.02. The molecule has 4 heterocycles. The molecule has 2 saturated heterocycles. The molecule has 8 nitrogen and oxygen atoms in total. The molecule has 0 unspecified atom stereocenters. The molecular formula is C17H19N5O3S. The van der Waals surface area contributed by atoms with Crippen molar-refractivity contribution >= 4 is 23.5 Å². The summed E-state index contributed by atoms with van der Waals surface area (Å²) in [5, 5.41) is 5.88. The summed E-state index contributed by atoms with van der Waals surface area (Å²) in [6, 6.07) is 3.74. The Morgan fingerprint density at radius 3 is 3.19 bits per heavy atom. The second-order valence-corrected chi connectivity index (χ2v) is 7.10. The zero-order valence-electron chi connectivity index (χ0n) is 14.1. The van der Waals surface area contributed by atoms with Gasteiger partial charge in [0.15, 0.2) is 0 Å². The van der Waals surface area contributed by atoms with Crippen LogP contribution in [0.4, 0.5) is 9.59 Å². The van der Waals surface area contributed by atoms with Gasteiger partial charge in [-0.2, -0.15) is 0 Å². The van der Waals surface area contributed by atoms with E-state index >= 15 is 0 Å². The van der Waals surface area contributed by atoms with Crippen molar-refractivity contribution in [1.82, 2.24) is 25.1 Å². The fraction of sp³-hybridized carbons (Fsp3) is 0.412. The van der Waals surface area contributed by atoms with E-state index in [0.29, 0.717) is 39.2 Å². The number of ether oxygens (including phenoxy) is 1. The third-order valence-corrected chi connectivity index (χ3v) is 5.46. The van der Waals surface area contributed by atoms with Gasteiger partial charge in [0.1, 0.15) is 11.6 Å². The first-order valence-corrected chi connectivity index (χ1v) is 9.39. The van der Waals surface area contributed by atoms with Crippen LogP contribution in [0.3, 0.4) is 0 Å². The fourth-order valence-corrected chi connectivity index (χ4v) is 3.97. The van der Waals surface area contributed by atoms with E-state index in [4.69, 9.17) is 4.74 Å². The highest BCUT2D eigenvalue weighted by atomic mass is 32.1. The van der Waals surface area contributed by atoms with Gasteiger partial charge in [0.05, 0.1) is 11.7 Å². The van der Waals surface area contributed by atoms with Crippen LogP contribution in [0.1, 0.15) is 5.69 Å². The number of hydrogen-bond donors (Lipinski definition) is 1. The van der Waals surface area contributed by atoms with Gasteiger partial charge in [0.2, 0.25) is 0 Å². The van der Waals surface area contributed by atoms with Crippen molar-refractivity contribution in [1.29, 1.82) is 0 Å². The zero-order valence-corrected chi connectivity index (χ0v) is 14.9. The maximum atomic E-state index is 12.3. The van der Waals surface area contributed by atoms with E-state index in [1.54, 1.807) is 33.5 Å². The van der Waals surface area contributed by atoms with Crippen LogP contribution in [0.15, 0.2) is 29.9 Å². The van der Waals surface area contributed by atoms with Gasteiger partial charge in [-0.25, -0.2) is 14.6 Å². The number of rotatable bonds is 4. The number of hydrogen-bond acceptors (Lipinski definition) is 6. The first kappa shape index (κ1) is 16.8. The van der Waals surface area contributed by atoms with Crippen LogP contribution < -0.4 is 5.32 Å². The lowest BCUT2D eigenvalue weighted by molar-refractivity contribution is 0.127. The number of pyridine rings is 1. The molecule has 2 aliphatic rings. The number of amides is 3. The number of piperazine rings is 1. The molecule has 2 aromatic heterocycles. The molecule has 2 fully saturated rings. The summed E-state index contributed by atoms with van der Waals surface area (Å²) >= 11 is 1.57. The van der Waals surface area contributed by atoms with Gasteiger partial charge in [-0.3, -0.25) is 9.88 Å². The Morgan fingerprint density at radius 2 is 2.35 bits per heavy atom. The zero-order chi connectivity index (χ0) is 17.9. The molecule has 26 heavy (non-hydrogen) atoms. The van der Waals surface area contributed by atoms with Crippen molar-refractivity contribution < 1.29 is 14.3 Å². The summed E-state index contributed by atoms with van der Waals surface area (Å²) in [5.41, 5.74) is 1.95. The highest BCUT2D eigenvalue weighted by molar-refractivity contribution is 7.13. The topological polar surface area (TPSA) is 87.7 Å². The monoisotopic (exact) mass is 373 g/mol. The fourth-order valence-electron chi connectivity index (χ4n) is 3.13. The molecule has 0 aliphatic carbocycles. The van der Waals surface area contributed by atoms with Gasteiger partial charge in [-0.15, -0.1) is 11.3 Å². The Balaban J connectivity index is 1.25. The van der Waals surface area contributed by atoms with Crippen LogP contribution in [0, 0.1) is 0 Å². The van der Waals surface area contributed by atoms with Crippen LogP contribution in [-0.4, -0.2) is 70.7 Å². The molecule has 2 aromatic rings. The second-order valence-electron chi connectivity index (χ2n) is 6.24. The molecular weight excluding hydrogens is 354 g/mol. The molecule has 2 aliphatic heterocycles. The average molecular weight is 373 g/mol. The Bertz CT molecular complexity index is 797. The predicted molar refractivity (Wildman–Crippen MR) is 95.9 cm³/mol. The molecule has 1 atom stereocenters. The average Bonchev–Trinajstić information content (AvgIpc) is 3.29. The van der Waals surface area contributed by atoms with Crippen molar-refractivity contribution in [2.45, 2.75) is 12.5 Å². The minimum atomic E-state index is -0.275. The van der Waals surface area contributed by atoms with E-state index in [1.165, 1.54) is 0 Å². The van der Waals surface area contributed by atoms with Crippen LogP contribution >= 0.6 is 11.3 Å². The lowest BCUT2D eigenvalue weighted by Gasteiger charge is -2.35. The van der Waals surface area contributed by atoms with Crippen molar-refractivity contribution in [3.63, 3.8) is 0 Å². The summed E-state index contributed by atoms with van der Waals surface area (Å²) in [6.45, 7) is 2.45. The largest absolute Gasteiger partial charge is 0.447 e. The third kappa shape index (κ3) is 3.48. The molecule has 9 heteroatoms. The summed E-state index contributed by atoms with van der Waals surface area (Å²) in [6.07, 6.45) is 3.93. The summed E-state index contributed by atoms with van der Waals surface area (Å²) in [4.78, 5) is 36.0. The number of nitrogens with zero attached hydrogens (tertiary/aromatic N) is 4. The third-order valence-electron chi connectivity index (χ3n) is 4.52. The maximum absolute atomic E-state index is 12.3. The van der Waals surface area contributed by atoms with Crippen LogP contribution in [0.25, 0.3) is 10.6 Å². The molecule has 3 amide bonds. The molecule has 136 valence electrons. The normalized spacial score (nSPS) is 19.2. The molecule has 0 radical (unpaired) electrons. The molecule has 0 spiro atoms. The van der Waals surface area contributed by atoms with Crippen molar-refractivity contribution in [2.24, 2.45) is 0 Å². The van der Waals surface area contributed by atoms with Gasteiger partial charge in [-0.1, -0.05) is 0 Å². The van der Waals surface area contributed by atoms with E-state index in [-0.39, 0.29) is 18.2 Å². The van der Waals surface area contributed by atoms with E-state index in [2.05, 4.69) is 15.3 Å². The number of aromatic nitrogens is 2. The van der Waals surface area contributed by atoms with E-state index in [0.717, 1.165) is 16.3 Å². The number of thiazole rings is 1. The van der Waals surface area contributed by atoms with Gasteiger partial charge < -0.3 is 15.0 Å². The molecule has 0 saturated carbocycles. The first-order valence-electron chi connectivity index (χ1n) is 8.51. The highest BCUT2D eigenvalue weighted by Crippen LogP contribution is 2.22. The van der Waals surface area contributed by atoms with E-state index in [9.17, 15) is 9.59 Å². The summed E-state index contributed by atoms with van der Waals surface area (Å²) in [5.74, 6) is 0. The quantitative estimate of drug-likeness (QED) is 0.879. The first-order chi connectivity index (χ1) is 12.7. The Labute approximate surface area is 154 Å². The molecule has 1 N–H and O–H groups in total. The standard InChI is InChI=1S/C17H19N5O3S/c23-16(21-6-7-22-14(9-21)10-25-17(22)24)19-5-3-13-11-26-15(20-13)12-2-1-4-18-8-12/h1-2,4,8,11,14H,3,5-7,9-10H2,(H,19,23)/t14-/m1/s1. The summed E-state index contributed by atoms with van der Waals surface area (Å²) in [7, 11) is 0.